The van der Waals surface area contributed by atoms with Gasteiger partial charge in [0.25, 0.3) is 0 Å². The largest absolute Gasteiger partial charge is 0.493 e. The molecule has 1 heterocycles. The number of anilines is 1. The number of carboxylic acid groups (broad SMARTS) is 1. The Hall–Kier alpha value is -3.07. The highest BCUT2D eigenvalue weighted by Gasteiger charge is 2.33. The van der Waals surface area contributed by atoms with Crippen LogP contribution in [0, 0.1) is 13.8 Å². The summed E-state index contributed by atoms with van der Waals surface area (Å²) in [5.74, 6) is -0.615. The Kier molecular flexibility index (Phi) is 8.30. The number of rotatable bonds is 8. The minimum atomic E-state index is -3.84. The fourth-order valence-corrected chi connectivity index (χ4v) is 6.36. The average molecular weight is 572 g/mol. The van der Waals surface area contributed by atoms with Crippen molar-refractivity contribution in [2.45, 2.75) is 64.9 Å². The Morgan fingerprint density at radius 2 is 1.90 bits per heavy atom. The second kappa shape index (κ2) is 11.2. The predicted molar refractivity (Wildman–Crippen MR) is 154 cm³/mol. The normalized spacial score (nSPS) is 14.3. The van der Waals surface area contributed by atoms with Gasteiger partial charge < -0.3 is 14.6 Å². The molecule has 208 valence electrons. The van der Waals surface area contributed by atoms with Crippen LogP contribution < -0.4 is 9.46 Å². The van der Waals surface area contributed by atoms with E-state index in [9.17, 15) is 18.3 Å². The van der Waals surface area contributed by atoms with Gasteiger partial charge >= 0.3 is 5.97 Å². The number of sulfonamides is 1. The minimum absolute atomic E-state index is 0.283. The predicted octanol–water partition coefficient (Wildman–Crippen LogP) is 6.83. The first-order valence-corrected chi connectivity index (χ1v) is 14.8. The third kappa shape index (κ3) is 6.93. The number of carbonyl (C=O) groups is 1. The molecule has 7 nitrogen and oxygen atoms in total. The van der Waals surface area contributed by atoms with E-state index in [2.05, 4.69) is 4.72 Å². The van der Waals surface area contributed by atoms with Crippen LogP contribution in [-0.4, -0.2) is 31.7 Å². The number of hydrogen-bond donors (Lipinski definition) is 2. The summed E-state index contributed by atoms with van der Waals surface area (Å²) in [7, 11) is -3.84. The molecular formula is C30H34ClNO6S. The molecule has 0 spiro atoms. The van der Waals surface area contributed by atoms with Crippen LogP contribution in [-0.2, 0) is 31.7 Å². The van der Waals surface area contributed by atoms with E-state index in [1.807, 2.05) is 25.1 Å². The first kappa shape index (κ1) is 28.9. The van der Waals surface area contributed by atoms with E-state index in [0.717, 1.165) is 35.3 Å². The molecule has 0 amide bonds. The van der Waals surface area contributed by atoms with Crippen LogP contribution in [0.2, 0.25) is 5.02 Å². The lowest BCUT2D eigenvalue weighted by atomic mass is 9.86. The van der Waals surface area contributed by atoms with Gasteiger partial charge in [0, 0.05) is 10.6 Å². The summed E-state index contributed by atoms with van der Waals surface area (Å²) in [6, 6.07) is 14.3. The summed E-state index contributed by atoms with van der Waals surface area (Å²) in [6.45, 7) is 9.61. The zero-order valence-electron chi connectivity index (χ0n) is 22.8. The fraction of sp³-hybridized carbons (Fsp3) is 0.367. The van der Waals surface area contributed by atoms with Crippen molar-refractivity contribution in [1.29, 1.82) is 0 Å². The van der Waals surface area contributed by atoms with Crippen molar-refractivity contribution in [1.82, 2.24) is 0 Å². The van der Waals surface area contributed by atoms with Crippen molar-refractivity contribution in [2.24, 2.45) is 0 Å². The highest BCUT2D eigenvalue weighted by Crippen LogP contribution is 2.42. The average Bonchev–Trinajstić information content (AvgIpc) is 2.83. The highest BCUT2D eigenvalue weighted by atomic mass is 35.5. The number of carboxylic acids is 1. The molecule has 1 aliphatic rings. The van der Waals surface area contributed by atoms with Crippen LogP contribution >= 0.6 is 11.6 Å². The molecule has 3 aromatic carbocycles. The number of aliphatic carboxylic acids is 1. The lowest BCUT2D eigenvalue weighted by molar-refractivity contribution is -0.160. The quantitative estimate of drug-likeness (QED) is 0.307. The molecule has 1 atom stereocenters. The third-order valence-electron chi connectivity index (χ3n) is 6.50. The fourth-order valence-electron chi connectivity index (χ4n) is 4.91. The topological polar surface area (TPSA) is 102 Å². The van der Waals surface area contributed by atoms with Crippen LogP contribution in [0.5, 0.6) is 5.75 Å². The summed E-state index contributed by atoms with van der Waals surface area (Å²) >= 11 is 6.05. The Labute approximate surface area is 235 Å². The molecule has 0 radical (unpaired) electrons. The molecule has 9 heteroatoms. The lowest BCUT2D eigenvalue weighted by Crippen LogP contribution is -2.29. The summed E-state index contributed by atoms with van der Waals surface area (Å²) in [5.41, 5.74) is 4.27. The van der Waals surface area contributed by atoms with Crippen molar-refractivity contribution in [3.8, 4) is 16.9 Å². The van der Waals surface area contributed by atoms with E-state index in [1.54, 1.807) is 58.0 Å². The van der Waals surface area contributed by atoms with Crippen LogP contribution in [0.4, 0.5) is 5.69 Å². The molecule has 0 saturated carbocycles. The van der Waals surface area contributed by atoms with E-state index >= 15 is 0 Å². The van der Waals surface area contributed by atoms with Crippen molar-refractivity contribution in [2.75, 3.05) is 11.3 Å². The number of fused-ring (bicyclic) bond motifs is 1. The molecule has 3 aromatic rings. The number of aryl methyl sites for hydroxylation is 2. The van der Waals surface area contributed by atoms with Gasteiger partial charge in [-0.2, -0.15) is 0 Å². The minimum Gasteiger partial charge on any atom is -0.493 e. The van der Waals surface area contributed by atoms with E-state index < -0.39 is 27.7 Å². The summed E-state index contributed by atoms with van der Waals surface area (Å²) in [6.07, 6.45) is 0.432. The van der Waals surface area contributed by atoms with Gasteiger partial charge in [0.15, 0.2) is 6.10 Å². The highest BCUT2D eigenvalue weighted by molar-refractivity contribution is 7.91. The maximum absolute atomic E-state index is 13.2. The van der Waals surface area contributed by atoms with Crippen molar-refractivity contribution < 1.29 is 27.8 Å². The Bertz CT molecular complexity index is 1510. The smallest absolute Gasteiger partial charge is 0.337 e. The summed E-state index contributed by atoms with van der Waals surface area (Å²) in [4.78, 5) is 12.6. The zero-order valence-corrected chi connectivity index (χ0v) is 24.4. The Balaban J connectivity index is 1.86. The van der Waals surface area contributed by atoms with E-state index in [-0.39, 0.29) is 5.75 Å². The van der Waals surface area contributed by atoms with Gasteiger partial charge in [-0.3, -0.25) is 4.72 Å². The number of ether oxygens (including phenoxy) is 2. The van der Waals surface area contributed by atoms with Crippen molar-refractivity contribution in [3.05, 3.63) is 81.4 Å². The monoisotopic (exact) mass is 571 g/mol. The first-order valence-electron chi connectivity index (χ1n) is 12.8. The number of nitrogens with one attached hydrogen (secondary N) is 1. The number of benzene rings is 3. The molecule has 0 bridgehead atoms. The molecule has 0 aromatic heterocycles. The van der Waals surface area contributed by atoms with Crippen molar-refractivity contribution >= 4 is 33.3 Å². The van der Waals surface area contributed by atoms with Crippen LogP contribution in [0.15, 0.2) is 48.5 Å². The Morgan fingerprint density at radius 1 is 1.15 bits per heavy atom. The lowest BCUT2D eigenvalue weighted by Gasteiger charge is -2.30. The second-order valence-electron chi connectivity index (χ2n) is 10.9. The van der Waals surface area contributed by atoms with Gasteiger partial charge in [-0.1, -0.05) is 29.8 Å². The molecule has 0 fully saturated rings. The molecule has 39 heavy (non-hydrogen) atoms. The van der Waals surface area contributed by atoms with Gasteiger partial charge in [0.1, 0.15) is 5.75 Å². The first-order chi connectivity index (χ1) is 18.2. The summed E-state index contributed by atoms with van der Waals surface area (Å²) in [5, 5.41) is 10.8. The maximum Gasteiger partial charge on any atom is 0.337 e. The number of hydrogen-bond acceptors (Lipinski definition) is 5. The van der Waals surface area contributed by atoms with Gasteiger partial charge in [-0.25, -0.2) is 13.2 Å². The zero-order chi connectivity index (χ0) is 28.5. The molecule has 2 N–H and O–H groups in total. The molecule has 0 aliphatic carbocycles. The van der Waals surface area contributed by atoms with Gasteiger partial charge in [0.05, 0.1) is 23.6 Å². The van der Waals surface area contributed by atoms with Gasteiger partial charge in [0.2, 0.25) is 10.0 Å². The van der Waals surface area contributed by atoms with Crippen molar-refractivity contribution in [3.63, 3.8) is 0 Å². The molecule has 0 saturated heterocycles. The second-order valence-corrected chi connectivity index (χ2v) is 13.0. The van der Waals surface area contributed by atoms with Crippen LogP contribution in [0.3, 0.4) is 0 Å². The third-order valence-corrected chi connectivity index (χ3v) is 7.98. The van der Waals surface area contributed by atoms with E-state index in [0.29, 0.717) is 39.6 Å². The van der Waals surface area contributed by atoms with E-state index in [1.165, 1.54) is 0 Å². The van der Waals surface area contributed by atoms with Crippen LogP contribution in [0.1, 0.15) is 61.1 Å². The SMILES string of the molecule is Cc1cc(NS(=O)(=O)Cc2cccc(Cl)c2)c(C)c(C(OC(C)(C)C)C(=O)O)c1-c1ccc2c(c1)CCCO2. The molecule has 1 aliphatic heterocycles. The Morgan fingerprint density at radius 3 is 2.56 bits per heavy atom. The van der Waals surface area contributed by atoms with E-state index in [4.69, 9.17) is 21.1 Å². The molecule has 1 unspecified atom stereocenters. The van der Waals surface area contributed by atoms with Gasteiger partial charge in [-0.05, 0) is 111 Å². The molecular weight excluding hydrogens is 538 g/mol. The van der Waals surface area contributed by atoms with Crippen LogP contribution in [0.25, 0.3) is 11.1 Å². The number of halogens is 1. The standard InChI is InChI=1S/C30H34ClNO6S/c1-18-14-24(32-39(35,36)17-20-8-6-10-23(31)15-20)19(2)27(28(29(33)34)38-30(3,4)5)26(18)22-11-12-25-21(16-22)9-7-13-37-25/h6,8,10-12,14-16,28,32H,7,9,13,17H2,1-5H3,(H,33,34). The molecule has 4 rings (SSSR count). The van der Waals surface area contributed by atoms with Gasteiger partial charge in [-0.15, -0.1) is 0 Å². The maximum atomic E-state index is 13.2. The summed E-state index contributed by atoms with van der Waals surface area (Å²) < 4.78 is 40.9.